The lowest BCUT2D eigenvalue weighted by Gasteiger charge is -2.33. The van der Waals surface area contributed by atoms with E-state index in [2.05, 4.69) is 26.0 Å². The normalized spacial score (nSPS) is 15.0. The van der Waals surface area contributed by atoms with Crippen LogP contribution in [-0.4, -0.2) is 33.0 Å². The van der Waals surface area contributed by atoms with Crippen molar-refractivity contribution in [3.05, 3.63) is 71.8 Å². The van der Waals surface area contributed by atoms with Crippen LogP contribution >= 0.6 is 23.5 Å². The summed E-state index contributed by atoms with van der Waals surface area (Å²) in [5.74, 6) is 2.37. The number of hydrogen-bond donors (Lipinski definition) is 0. The molecule has 3 aromatic rings. The molecule has 7 heteroatoms. The van der Waals surface area contributed by atoms with Crippen molar-refractivity contribution in [1.29, 1.82) is 0 Å². The van der Waals surface area contributed by atoms with Gasteiger partial charge >= 0.3 is 0 Å². The number of hydrogen-bond acceptors (Lipinski definition) is 7. The Bertz CT molecular complexity index is 1170. The van der Waals surface area contributed by atoms with Gasteiger partial charge in [0, 0.05) is 18.2 Å². The van der Waals surface area contributed by atoms with Crippen LogP contribution in [0.2, 0.25) is 0 Å². The molecule has 1 atom stereocenters. The summed E-state index contributed by atoms with van der Waals surface area (Å²) in [7, 11) is 0. The van der Waals surface area contributed by atoms with Crippen LogP contribution in [0.25, 0.3) is 0 Å². The molecule has 4 rings (SSSR count). The second kappa shape index (κ2) is 12.4. The zero-order chi connectivity index (χ0) is 24.6. The molecule has 0 fully saturated rings. The SMILES string of the molecule is CCCCSc1nc(SCCCC)c2c(n1)N(c1ccccc1)N=C(C(C)=O)C2c1ccccc1. The minimum Gasteiger partial charge on any atom is -0.293 e. The van der Waals surface area contributed by atoms with Gasteiger partial charge in [-0.1, -0.05) is 87.0 Å². The van der Waals surface area contributed by atoms with Crippen LogP contribution in [0.1, 0.15) is 63.5 Å². The third-order valence-corrected chi connectivity index (χ3v) is 7.81. The quantitative estimate of drug-likeness (QED) is 0.117. The van der Waals surface area contributed by atoms with Crippen LogP contribution in [0.3, 0.4) is 0 Å². The number of carbonyl (C=O) groups is 1. The van der Waals surface area contributed by atoms with Crippen molar-refractivity contribution in [3.63, 3.8) is 0 Å². The lowest BCUT2D eigenvalue weighted by Crippen LogP contribution is -2.32. The first-order valence-electron chi connectivity index (χ1n) is 12.3. The summed E-state index contributed by atoms with van der Waals surface area (Å²) in [6, 6.07) is 20.1. The Balaban J connectivity index is 1.94. The lowest BCUT2D eigenvalue weighted by molar-refractivity contribution is -0.111. The minimum atomic E-state index is -0.303. The third-order valence-electron chi connectivity index (χ3n) is 5.80. The molecule has 0 radical (unpaired) electrons. The Morgan fingerprint density at radius 2 is 1.51 bits per heavy atom. The standard InChI is InChI=1S/C28H32N4OS2/c1-4-6-18-34-27-24-23(21-14-10-8-11-15-21)25(20(3)33)31-32(22-16-12-9-13-17-22)26(24)29-28(30-27)35-19-7-5-2/h8-17,23H,4-7,18-19H2,1-3H3. The van der Waals surface area contributed by atoms with Gasteiger partial charge in [0.05, 0.1) is 11.6 Å². The van der Waals surface area contributed by atoms with Crippen LogP contribution < -0.4 is 5.01 Å². The molecular weight excluding hydrogens is 472 g/mol. The van der Waals surface area contributed by atoms with Gasteiger partial charge in [0.2, 0.25) is 0 Å². The molecule has 0 spiro atoms. The highest BCUT2D eigenvalue weighted by molar-refractivity contribution is 7.99. The van der Waals surface area contributed by atoms with Gasteiger partial charge in [-0.05, 0) is 36.3 Å². The van der Waals surface area contributed by atoms with E-state index in [1.807, 2.05) is 53.5 Å². The number of fused-ring (bicyclic) bond motifs is 1. The Labute approximate surface area is 216 Å². The number of rotatable bonds is 11. The Morgan fingerprint density at radius 3 is 2.14 bits per heavy atom. The maximum absolute atomic E-state index is 13.0. The van der Waals surface area contributed by atoms with Gasteiger partial charge in [-0.3, -0.25) is 4.79 Å². The molecule has 0 N–H and O–H groups in total. The maximum atomic E-state index is 13.0. The molecule has 2 heterocycles. The Kier molecular flexibility index (Phi) is 8.99. The molecule has 0 amide bonds. The number of para-hydroxylation sites is 1. The summed E-state index contributed by atoms with van der Waals surface area (Å²) in [6.45, 7) is 6.00. The number of benzene rings is 2. The molecule has 0 saturated carbocycles. The smallest absolute Gasteiger partial charge is 0.190 e. The first-order chi connectivity index (χ1) is 17.1. The molecular formula is C28H32N4OS2. The molecule has 1 aliphatic heterocycles. The molecule has 0 bridgehead atoms. The van der Waals surface area contributed by atoms with E-state index in [0.717, 1.165) is 70.0 Å². The van der Waals surface area contributed by atoms with Gasteiger partial charge in [-0.25, -0.2) is 15.0 Å². The zero-order valence-electron chi connectivity index (χ0n) is 20.6. The number of nitrogens with zero attached hydrogens (tertiary/aromatic N) is 4. The molecule has 0 aliphatic carbocycles. The molecule has 182 valence electrons. The summed E-state index contributed by atoms with van der Waals surface area (Å²) in [5.41, 5.74) is 3.40. The van der Waals surface area contributed by atoms with Crippen molar-refractivity contribution < 1.29 is 4.79 Å². The predicted octanol–water partition coefficient (Wildman–Crippen LogP) is 7.49. The van der Waals surface area contributed by atoms with Gasteiger partial charge in [-0.2, -0.15) is 5.10 Å². The van der Waals surface area contributed by atoms with Crippen molar-refractivity contribution in [2.75, 3.05) is 16.5 Å². The zero-order valence-corrected chi connectivity index (χ0v) is 22.2. The van der Waals surface area contributed by atoms with Crippen LogP contribution in [0.4, 0.5) is 11.5 Å². The number of anilines is 2. The van der Waals surface area contributed by atoms with Gasteiger partial charge in [0.25, 0.3) is 0 Å². The van der Waals surface area contributed by atoms with E-state index >= 15 is 0 Å². The molecule has 0 saturated heterocycles. The van der Waals surface area contributed by atoms with E-state index in [4.69, 9.17) is 15.1 Å². The minimum absolute atomic E-state index is 0.0451. The number of thioether (sulfide) groups is 2. The first kappa shape index (κ1) is 25.5. The van der Waals surface area contributed by atoms with E-state index in [9.17, 15) is 4.79 Å². The number of unbranched alkanes of at least 4 members (excludes halogenated alkanes) is 2. The maximum Gasteiger partial charge on any atom is 0.190 e. The number of aromatic nitrogens is 2. The highest BCUT2D eigenvalue weighted by atomic mass is 32.2. The van der Waals surface area contributed by atoms with Crippen molar-refractivity contribution in [1.82, 2.24) is 9.97 Å². The van der Waals surface area contributed by atoms with E-state index in [1.54, 1.807) is 30.4 Å². The largest absolute Gasteiger partial charge is 0.293 e. The number of Topliss-reactive ketones (excluding diaryl/α,β-unsaturated/α-hetero) is 1. The molecule has 5 nitrogen and oxygen atoms in total. The summed E-state index contributed by atoms with van der Waals surface area (Å²) in [5, 5.41) is 8.47. The first-order valence-corrected chi connectivity index (χ1v) is 14.3. The molecule has 2 aromatic carbocycles. The second-order valence-electron chi connectivity index (χ2n) is 8.49. The molecule has 35 heavy (non-hydrogen) atoms. The highest BCUT2D eigenvalue weighted by Gasteiger charge is 2.37. The predicted molar refractivity (Wildman–Crippen MR) is 148 cm³/mol. The third kappa shape index (κ3) is 5.96. The highest BCUT2D eigenvalue weighted by Crippen LogP contribution is 2.45. The summed E-state index contributed by atoms with van der Waals surface area (Å²) >= 11 is 3.46. The molecule has 1 aromatic heterocycles. The van der Waals surface area contributed by atoms with Crippen LogP contribution in [0.5, 0.6) is 0 Å². The van der Waals surface area contributed by atoms with Gasteiger partial charge < -0.3 is 0 Å². The summed E-state index contributed by atoms with van der Waals surface area (Å²) in [4.78, 5) is 23.1. The molecule has 1 aliphatic rings. The van der Waals surface area contributed by atoms with Gasteiger partial charge in [-0.15, -0.1) is 11.8 Å². The fraction of sp³-hybridized carbons (Fsp3) is 0.357. The van der Waals surface area contributed by atoms with E-state index < -0.39 is 0 Å². The van der Waals surface area contributed by atoms with Crippen molar-refractivity contribution in [2.45, 2.75) is 62.6 Å². The fourth-order valence-electron chi connectivity index (χ4n) is 3.97. The van der Waals surface area contributed by atoms with Crippen molar-refractivity contribution >= 4 is 46.5 Å². The summed E-state index contributed by atoms with van der Waals surface area (Å²) in [6.07, 6.45) is 4.48. The van der Waals surface area contributed by atoms with E-state index in [0.29, 0.717) is 5.71 Å². The average Bonchev–Trinajstić information content (AvgIpc) is 2.89. The van der Waals surface area contributed by atoms with Crippen molar-refractivity contribution in [3.8, 4) is 0 Å². The molecule has 1 unspecified atom stereocenters. The van der Waals surface area contributed by atoms with Crippen molar-refractivity contribution in [2.24, 2.45) is 5.10 Å². The van der Waals surface area contributed by atoms with E-state index in [-0.39, 0.29) is 11.7 Å². The average molecular weight is 505 g/mol. The van der Waals surface area contributed by atoms with Crippen LogP contribution in [0.15, 0.2) is 75.9 Å². The van der Waals surface area contributed by atoms with Crippen LogP contribution in [0, 0.1) is 0 Å². The number of ketones is 1. The number of carbonyl (C=O) groups excluding carboxylic acids is 1. The monoisotopic (exact) mass is 504 g/mol. The topological polar surface area (TPSA) is 58.5 Å². The Hall–Kier alpha value is -2.64. The number of hydrazone groups is 1. The van der Waals surface area contributed by atoms with Crippen LogP contribution in [-0.2, 0) is 4.79 Å². The fourth-order valence-corrected chi connectivity index (χ4v) is 6.09. The second-order valence-corrected chi connectivity index (χ2v) is 10.6. The van der Waals surface area contributed by atoms with E-state index in [1.165, 1.54) is 0 Å². The summed E-state index contributed by atoms with van der Waals surface area (Å²) < 4.78 is 0. The Morgan fingerprint density at radius 1 is 0.886 bits per heavy atom. The lowest BCUT2D eigenvalue weighted by atomic mass is 9.85. The van der Waals surface area contributed by atoms with Gasteiger partial charge in [0.15, 0.2) is 16.8 Å². The van der Waals surface area contributed by atoms with Gasteiger partial charge in [0.1, 0.15) is 10.7 Å².